The summed E-state index contributed by atoms with van der Waals surface area (Å²) in [7, 11) is 1.36. The summed E-state index contributed by atoms with van der Waals surface area (Å²) in [5, 5.41) is 2.91. The first-order valence-corrected chi connectivity index (χ1v) is 6.89. The lowest BCUT2D eigenvalue weighted by Crippen LogP contribution is -2.50. The van der Waals surface area contributed by atoms with Gasteiger partial charge < -0.3 is 10.1 Å². The molecule has 1 unspecified atom stereocenters. The molecular formula is C14H28N2O3. The molecule has 112 valence electrons. The zero-order valence-electron chi connectivity index (χ0n) is 13.0. The Hall–Kier alpha value is -1.10. The molecule has 0 aliphatic carbocycles. The van der Waals surface area contributed by atoms with E-state index in [1.165, 1.54) is 7.11 Å². The number of hydrogen-bond acceptors (Lipinski definition) is 4. The number of esters is 1. The quantitative estimate of drug-likeness (QED) is 0.679. The highest BCUT2D eigenvalue weighted by molar-refractivity contribution is 5.82. The molecule has 0 aliphatic rings. The van der Waals surface area contributed by atoms with E-state index in [9.17, 15) is 9.59 Å². The molecule has 0 bridgehead atoms. The Morgan fingerprint density at radius 3 is 2.16 bits per heavy atom. The van der Waals surface area contributed by atoms with Crippen LogP contribution in [0.4, 0.5) is 0 Å². The SMILES string of the molecule is COC(=O)CN(C(C)C)C(C)C(=O)NCCC(C)C. The highest BCUT2D eigenvalue weighted by atomic mass is 16.5. The van der Waals surface area contributed by atoms with Crippen LogP contribution in [-0.4, -0.2) is 49.1 Å². The minimum absolute atomic E-state index is 0.0433. The maximum absolute atomic E-state index is 12.0. The lowest BCUT2D eigenvalue weighted by Gasteiger charge is -2.30. The Kier molecular flexibility index (Phi) is 8.39. The number of nitrogens with zero attached hydrogens (tertiary/aromatic N) is 1. The highest BCUT2D eigenvalue weighted by Crippen LogP contribution is 2.06. The van der Waals surface area contributed by atoms with Crippen LogP contribution in [0.15, 0.2) is 0 Å². The molecule has 1 amide bonds. The van der Waals surface area contributed by atoms with E-state index in [-0.39, 0.29) is 30.5 Å². The minimum atomic E-state index is -0.341. The van der Waals surface area contributed by atoms with E-state index >= 15 is 0 Å². The molecule has 0 aromatic heterocycles. The number of ether oxygens (including phenoxy) is 1. The van der Waals surface area contributed by atoms with Gasteiger partial charge >= 0.3 is 5.97 Å². The van der Waals surface area contributed by atoms with E-state index in [0.717, 1.165) is 6.42 Å². The zero-order chi connectivity index (χ0) is 15.0. The molecule has 1 N–H and O–H groups in total. The average molecular weight is 272 g/mol. The maximum Gasteiger partial charge on any atom is 0.319 e. The van der Waals surface area contributed by atoms with Gasteiger partial charge in [-0.25, -0.2) is 0 Å². The van der Waals surface area contributed by atoms with E-state index in [0.29, 0.717) is 12.5 Å². The molecule has 0 fully saturated rings. The Bertz CT molecular complexity index is 290. The van der Waals surface area contributed by atoms with E-state index in [1.54, 1.807) is 0 Å². The number of carbonyl (C=O) groups excluding carboxylic acids is 2. The summed E-state index contributed by atoms with van der Waals surface area (Å²) < 4.78 is 4.66. The minimum Gasteiger partial charge on any atom is -0.468 e. The van der Waals surface area contributed by atoms with Gasteiger partial charge in [-0.3, -0.25) is 14.5 Å². The van der Waals surface area contributed by atoms with Crippen molar-refractivity contribution in [2.24, 2.45) is 5.92 Å². The molecule has 0 radical (unpaired) electrons. The van der Waals surface area contributed by atoms with Crippen molar-refractivity contribution < 1.29 is 14.3 Å². The number of hydrogen-bond donors (Lipinski definition) is 1. The molecule has 5 nitrogen and oxygen atoms in total. The van der Waals surface area contributed by atoms with Gasteiger partial charge in [-0.2, -0.15) is 0 Å². The van der Waals surface area contributed by atoms with Crippen LogP contribution in [0.2, 0.25) is 0 Å². The number of nitrogens with one attached hydrogen (secondary N) is 1. The van der Waals surface area contributed by atoms with E-state index < -0.39 is 0 Å². The van der Waals surface area contributed by atoms with Gasteiger partial charge in [0.05, 0.1) is 19.7 Å². The van der Waals surface area contributed by atoms with Gasteiger partial charge in [-0.05, 0) is 33.1 Å². The molecule has 0 saturated carbocycles. The zero-order valence-corrected chi connectivity index (χ0v) is 13.0. The van der Waals surface area contributed by atoms with Crippen molar-refractivity contribution in [1.29, 1.82) is 0 Å². The van der Waals surface area contributed by atoms with Gasteiger partial charge in [0.2, 0.25) is 5.91 Å². The summed E-state index contributed by atoms with van der Waals surface area (Å²) >= 11 is 0. The van der Waals surface area contributed by atoms with Gasteiger partial charge in [-0.1, -0.05) is 13.8 Å². The summed E-state index contributed by atoms with van der Waals surface area (Å²) in [5.74, 6) is 0.195. The van der Waals surface area contributed by atoms with Gasteiger partial charge in [0.25, 0.3) is 0 Å². The highest BCUT2D eigenvalue weighted by Gasteiger charge is 2.25. The van der Waals surface area contributed by atoms with Gasteiger partial charge in [0.1, 0.15) is 0 Å². The molecule has 1 atom stereocenters. The van der Waals surface area contributed by atoms with E-state index in [1.807, 2.05) is 25.7 Å². The van der Waals surface area contributed by atoms with Crippen LogP contribution in [0.5, 0.6) is 0 Å². The fourth-order valence-corrected chi connectivity index (χ4v) is 1.76. The van der Waals surface area contributed by atoms with E-state index in [2.05, 4.69) is 23.9 Å². The van der Waals surface area contributed by atoms with E-state index in [4.69, 9.17) is 0 Å². The summed E-state index contributed by atoms with van der Waals surface area (Å²) in [6.07, 6.45) is 0.955. The Morgan fingerprint density at radius 2 is 1.74 bits per heavy atom. The first kappa shape index (κ1) is 17.9. The second-order valence-corrected chi connectivity index (χ2v) is 5.49. The monoisotopic (exact) mass is 272 g/mol. The van der Waals surface area contributed by atoms with Crippen LogP contribution in [0.25, 0.3) is 0 Å². The lowest BCUT2D eigenvalue weighted by molar-refractivity contribution is -0.144. The topological polar surface area (TPSA) is 58.6 Å². The molecule has 5 heteroatoms. The Morgan fingerprint density at radius 1 is 1.16 bits per heavy atom. The molecule has 0 aliphatic heterocycles. The first-order valence-electron chi connectivity index (χ1n) is 6.89. The summed E-state index contributed by atoms with van der Waals surface area (Å²) in [5.41, 5.74) is 0. The molecule has 0 spiro atoms. The van der Waals surface area contributed by atoms with Crippen molar-refractivity contribution in [3.8, 4) is 0 Å². The van der Waals surface area contributed by atoms with Crippen molar-refractivity contribution in [1.82, 2.24) is 10.2 Å². The summed E-state index contributed by atoms with van der Waals surface area (Å²) in [6, 6.07) is -0.240. The maximum atomic E-state index is 12.0. The molecule has 0 rings (SSSR count). The van der Waals surface area contributed by atoms with Crippen LogP contribution in [0.3, 0.4) is 0 Å². The van der Waals surface area contributed by atoms with Gasteiger partial charge in [0.15, 0.2) is 0 Å². The lowest BCUT2D eigenvalue weighted by atomic mass is 10.1. The molecule has 0 heterocycles. The standard InChI is InChI=1S/C14H28N2O3/c1-10(2)7-8-15-14(18)12(5)16(11(3)4)9-13(17)19-6/h10-12H,7-9H2,1-6H3,(H,15,18). The van der Waals surface area contributed by atoms with Crippen molar-refractivity contribution in [3.05, 3.63) is 0 Å². The fourth-order valence-electron chi connectivity index (χ4n) is 1.76. The normalized spacial score (nSPS) is 12.9. The van der Waals surface area contributed by atoms with Crippen LogP contribution in [-0.2, 0) is 14.3 Å². The number of rotatable bonds is 8. The Balaban J connectivity index is 4.41. The van der Waals surface area contributed by atoms with Crippen molar-refractivity contribution in [2.75, 3.05) is 20.2 Å². The second-order valence-electron chi connectivity index (χ2n) is 5.49. The third kappa shape index (κ3) is 7.15. The van der Waals surface area contributed by atoms with Gasteiger partial charge in [0, 0.05) is 12.6 Å². The third-order valence-electron chi connectivity index (χ3n) is 3.10. The third-order valence-corrected chi connectivity index (χ3v) is 3.10. The average Bonchev–Trinajstić information content (AvgIpc) is 2.33. The number of carbonyl (C=O) groups is 2. The number of amides is 1. The number of methoxy groups -OCH3 is 1. The van der Waals surface area contributed by atoms with Crippen molar-refractivity contribution >= 4 is 11.9 Å². The Labute approximate surface area is 116 Å². The fraction of sp³-hybridized carbons (Fsp3) is 0.857. The predicted octanol–water partition coefficient (Wildman–Crippen LogP) is 1.42. The van der Waals surface area contributed by atoms with Crippen LogP contribution < -0.4 is 5.32 Å². The molecular weight excluding hydrogens is 244 g/mol. The van der Waals surface area contributed by atoms with Crippen LogP contribution in [0.1, 0.15) is 41.0 Å². The molecule has 0 aromatic rings. The molecule has 0 aromatic carbocycles. The summed E-state index contributed by atoms with van der Waals surface area (Å²) in [6.45, 7) is 10.8. The van der Waals surface area contributed by atoms with Gasteiger partial charge in [-0.15, -0.1) is 0 Å². The van der Waals surface area contributed by atoms with Crippen molar-refractivity contribution in [2.45, 2.75) is 53.1 Å². The smallest absolute Gasteiger partial charge is 0.319 e. The van der Waals surface area contributed by atoms with Crippen molar-refractivity contribution in [3.63, 3.8) is 0 Å². The summed E-state index contributed by atoms with van der Waals surface area (Å²) in [4.78, 5) is 25.2. The predicted molar refractivity (Wildman–Crippen MR) is 75.8 cm³/mol. The first-order chi connectivity index (χ1) is 8.79. The largest absolute Gasteiger partial charge is 0.468 e. The van der Waals surface area contributed by atoms with Crippen LogP contribution >= 0.6 is 0 Å². The second kappa shape index (κ2) is 8.91. The van der Waals surface area contributed by atoms with Crippen LogP contribution in [0, 0.1) is 5.92 Å². The molecule has 19 heavy (non-hydrogen) atoms. The molecule has 0 saturated heterocycles.